The third-order valence-corrected chi connectivity index (χ3v) is 6.68. The number of fused-ring (bicyclic) bond motifs is 2. The predicted molar refractivity (Wildman–Crippen MR) is 105 cm³/mol. The molecule has 2 aromatic rings. The predicted octanol–water partition coefficient (Wildman–Crippen LogP) is 1.49. The van der Waals surface area contributed by atoms with Crippen LogP contribution in [0.2, 0.25) is 0 Å². The zero-order valence-electron chi connectivity index (χ0n) is 16.6. The molecule has 3 aliphatic rings. The van der Waals surface area contributed by atoms with Crippen LogP contribution < -0.4 is 5.56 Å². The fourth-order valence-electron chi connectivity index (χ4n) is 4.99. The first-order valence-corrected chi connectivity index (χ1v) is 10.6. The van der Waals surface area contributed by atoms with Crippen LogP contribution in [0.4, 0.5) is 0 Å². The van der Waals surface area contributed by atoms with Gasteiger partial charge in [-0.15, -0.1) is 0 Å². The first-order valence-electron chi connectivity index (χ1n) is 10.6. The highest BCUT2D eigenvalue weighted by molar-refractivity contribution is 5.23. The molecule has 0 N–H and O–H groups in total. The van der Waals surface area contributed by atoms with Crippen molar-refractivity contribution in [1.82, 2.24) is 24.5 Å². The van der Waals surface area contributed by atoms with E-state index in [-0.39, 0.29) is 11.7 Å². The molecule has 4 heterocycles. The van der Waals surface area contributed by atoms with Gasteiger partial charge in [0.15, 0.2) is 0 Å². The van der Waals surface area contributed by atoms with Crippen molar-refractivity contribution in [1.29, 1.82) is 0 Å². The molecular formula is C21H29N5O2. The minimum absolute atomic E-state index is 0.0720. The molecule has 1 fully saturated rings. The summed E-state index contributed by atoms with van der Waals surface area (Å²) in [5, 5.41) is 9.06. The Morgan fingerprint density at radius 2 is 2.04 bits per heavy atom. The maximum absolute atomic E-state index is 12.4. The average Bonchev–Trinajstić information content (AvgIpc) is 3.31. The number of piperidine rings is 1. The lowest BCUT2D eigenvalue weighted by molar-refractivity contribution is 0.00700. The van der Waals surface area contributed by atoms with Gasteiger partial charge in [-0.05, 0) is 56.7 Å². The zero-order chi connectivity index (χ0) is 19.1. The van der Waals surface area contributed by atoms with Gasteiger partial charge in [0.05, 0.1) is 24.6 Å². The third-order valence-electron chi connectivity index (χ3n) is 6.68. The Morgan fingerprint density at radius 3 is 2.89 bits per heavy atom. The van der Waals surface area contributed by atoms with Crippen LogP contribution in [0.25, 0.3) is 0 Å². The summed E-state index contributed by atoms with van der Waals surface area (Å²) >= 11 is 0. The van der Waals surface area contributed by atoms with Crippen LogP contribution in [-0.2, 0) is 37.6 Å². The number of aryl methyl sites for hydroxylation is 3. The summed E-state index contributed by atoms with van der Waals surface area (Å²) in [6, 6.07) is 1.82. The maximum Gasteiger partial charge on any atom is 0.267 e. The van der Waals surface area contributed by atoms with Crippen molar-refractivity contribution in [2.24, 2.45) is 13.0 Å². The van der Waals surface area contributed by atoms with Crippen molar-refractivity contribution in [3.05, 3.63) is 45.1 Å². The molecule has 1 aliphatic carbocycles. The second-order valence-electron chi connectivity index (χ2n) is 8.51. The van der Waals surface area contributed by atoms with Gasteiger partial charge in [-0.1, -0.05) is 0 Å². The van der Waals surface area contributed by atoms with E-state index in [1.54, 1.807) is 4.68 Å². The fourth-order valence-corrected chi connectivity index (χ4v) is 4.99. The molecule has 7 nitrogen and oxygen atoms in total. The molecular weight excluding hydrogens is 354 g/mol. The van der Waals surface area contributed by atoms with Crippen molar-refractivity contribution in [3.63, 3.8) is 0 Å². The SMILES string of the molecule is Cn1ncc2c1CCOC2CN1CCC(Cn2nc3c(cc2=O)CCC3)CC1. The molecule has 150 valence electrons. The Labute approximate surface area is 165 Å². The molecule has 0 radical (unpaired) electrons. The van der Waals surface area contributed by atoms with Crippen LogP contribution in [0, 0.1) is 5.92 Å². The monoisotopic (exact) mass is 383 g/mol. The van der Waals surface area contributed by atoms with Crippen LogP contribution in [0.3, 0.4) is 0 Å². The Morgan fingerprint density at radius 1 is 1.18 bits per heavy atom. The van der Waals surface area contributed by atoms with Crippen molar-refractivity contribution >= 4 is 0 Å². The van der Waals surface area contributed by atoms with E-state index in [1.807, 2.05) is 24.0 Å². The van der Waals surface area contributed by atoms with E-state index in [0.717, 1.165) is 77.0 Å². The molecule has 0 amide bonds. The molecule has 7 heteroatoms. The Balaban J connectivity index is 1.18. The quantitative estimate of drug-likeness (QED) is 0.800. The molecule has 5 rings (SSSR count). The normalized spacial score (nSPS) is 23.0. The lowest BCUT2D eigenvalue weighted by atomic mass is 9.96. The number of rotatable bonds is 4. The lowest BCUT2D eigenvalue weighted by Gasteiger charge is -2.35. The first kappa shape index (κ1) is 18.1. The van der Waals surface area contributed by atoms with Crippen molar-refractivity contribution in [2.75, 3.05) is 26.2 Å². The molecule has 1 unspecified atom stereocenters. The number of likely N-dealkylation sites (tertiary alicyclic amines) is 1. The van der Waals surface area contributed by atoms with Crippen molar-refractivity contribution < 1.29 is 4.74 Å². The van der Waals surface area contributed by atoms with Crippen molar-refractivity contribution in [3.8, 4) is 0 Å². The molecule has 2 aliphatic heterocycles. The Kier molecular flexibility index (Phi) is 4.80. The molecule has 0 saturated carbocycles. The number of nitrogens with zero attached hydrogens (tertiary/aromatic N) is 5. The largest absolute Gasteiger partial charge is 0.372 e. The molecule has 0 spiro atoms. The lowest BCUT2D eigenvalue weighted by Crippen LogP contribution is -2.40. The fraction of sp³-hybridized carbons (Fsp3) is 0.667. The van der Waals surface area contributed by atoms with Gasteiger partial charge in [-0.25, -0.2) is 4.68 Å². The molecule has 0 bridgehead atoms. The summed E-state index contributed by atoms with van der Waals surface area (Å²) in [4.78, 5) is 14.9. The summed E-state index contributed by atoms with van der Waals surface area (Å²) in [5.41, 5.74) is 4.94. The number of hydrogen-bond acceptors (Lipinski definition) is 5. The second-order valence-corrected chi connectivity index (χ2v) is 8.51. The van der Waals surface area contributed by atoms with Gasteiger partial charge in [-0.2, -0.15) is 10.2 Å². The number of aromatic nitrogens is 4. The minimum atomic E-state index is 0.0720. The van der Waals surface area contributed by atoms with E-state index < -0.39 is 0 Å². The molecule has 2 aromatic heterocycles. The van der Waals surface area contributed by atoms with Gasteiger partial charge in [-0.3, -0.25) is 9.48 Å². The smallest absolute Gasteiger partial charge is 0.267 e. The minimum Gasteiger partial charge on any atom is -0.372 e. The van der Waals surface area contributed by atoms with E-state index in [9.17, 15) is 4.79 Å². The highest BCUT2D eigenvalue weighted by Gasteiger charge is 2.28. The Bertz CT molecular complexity index is 910. The van der Waals surface area contributed by atoms with Crippen LogP contribution in [0.15, 0.2) is 17.1 Å². The van der Waals surface area contributed by atoms with E-state index >= 15 is 0 Å². The summed E-state index contributed by atoms with van der Waals surface area (Å²) in [7, 11) is 2.02. The average molecular weight is 383 g/mol. The molecule has 28 heavy (non-hydrogen) atoms. The van der Waals surface area contributed by atoms with Crippen molar-refractivity contribution in [2.45, 2.75) is 51.2 Å². The Hall–Kier alpha value is -1.99. The summed E-state index contributed by atoms with van der Waals surface area (Å²) in [6.45, 7) is 4.58. The standard InChI is InChI=1S/C21H29N5O2/c1-24-19-7-10-28-20(17(19)12-22-24)14-25-8-5-15(6-9-25)13-26-21(27)11-16-3-2-4-18(16)23-26/h11-12,15,20H,2-10,13-14H2,1H3. The third kappa shape index (κ3) is 3.42. The highest BCUT2D eigenvalue weighted by Crippen LogP contribution is 2.29. The second kappa shape index (κ2) is 7.44. The van der Waals surface area contributed by atoms with Gasteiger partial charge in [0.1, 0.15) is 0 Å². The van der Waals surface area contributed by atoms with Crippen LogP contribution in [0.1, 0.15) is 47.9 Å². The van der Waals surface area contributed by atoms with Gasteiger partial charge in [0.25, 0.3) is 5.56 Å². The molecule has 1 atom stereocenters. The maximum atomic E-state index is 12.4. The van der Waals surface area contributed by atoms with Gasteiger partial charge >= 0.3 is 0 Å². The van der Waals surface area contributed by atoms with Gasteiger partial charge < -0.3 is 9.64 Å². The summed E-state index contributed by atoms with van der Waals surface area (Å²) in [6.07, 6.45) is 8.44. The van der Waals surface area contributed by atoms with Crippen LogP contribution in [-0.4, -0.2) is 50.7 Å². The van der Waals surface area contributed by atoms with Gasteiger partial charge in [0.2, 0.25) is 0 Å². The van der Waals surface area contributed by atoms with Crippen LogP contribution in [0.5, 0.6) is 0 Å². The molecule has 1 saturated heterocycles. The molecule has 0 aromatic carbocycles. The van der Waals surface area contributed by atoms with Gasteiger partial charge in [0, 0.05) is 43.9 Å². The highest BCUT2D eigenvalue weighted by atomic mass is 16.5. The van der Waals surface area contributed by atoms with E-state index in [2.05, 4.69) is 15.1 Å². The van der Waals surface area contributed by atoms with E-state index in [0.29, 0.717) is 5.92 Å². The van der Waals surface area contributed by atoms with E-state index in [1.165, 1.54) is 16.8 Å². The number of hydrogen-bond donors (Lipinski definition) is 0. The topological polar surface area (TPSA) is 65.2 Å². The van der Waals surface area contributed by atoms with Crippen LogP contribution >= 0.6 is 0 Å². The zero-order valence-corrected chi connectivity index (χ0v) is 16.6. The van der Waals surface area contributed by atoms with E-state index in [4.69, 9.17) is 4.74 Å². The first-order chi connectivity index (χ1) is 13.7. The number of ether oxygens (including phenoxy) is 1. The summed E-state index contributed by atoms with van der Waals surface area (Å²) in [5.74, 6) is 0.530. The summed E-state index contributed by atoms with van der Waals surface area (Å²) < 4.78 is 9.75.